The molecule has 2 nitrogen and oxygen atoms in total. The third-order valence-corrected chi connectivity index (χ3v) is 2.82. The first kappa shape index (κ1) is 10.4. The molecule has 2 rings (SSSR count). The number of hydrogen-bond acceptors (Lipinski definition) is 2. The van der Waals surface area contributed by atoms with Crippen molar-refractivity contribution in [2.45, 2.75) is 19.0 Å². The van der Waals surface area contributed by atoms with Crippen LogP contribution in [0.3, 0.4) is 0 Å². The molecule has 0 saturated heterocycles. The van der Waals surface area contributed by atoms with Crippen LogP contribution in [0.4, 0.5) is 0 Å². The summed E-state index contributed by atoms with van der Waals surface area (Å²) < 4.78 is 0. The van der Waals surface area contributed by atoms with Gasteiger partial charge in [0.15, 0.2) is 0 Å². The summed E-state index contributed by atoms with van der Waals surface area (Å²) in [5, 5.41) is 8.95. The zero-order chi connectivity index (χ0) is 10.5. The van der Waals surface area contributed by atoms with E-state index in [1.807, 2.05) is 6.07 Å². The molecule has 1 aliphatic rings. The molecule has 0 fully saturated rings. The summed E-state index contributed by atoms with van der Waals surface area (Å²) in [6, 6.07) is 10.9. The first-order valence-electron chi connectivity index (χ1n) is 5.45. The van der Waals surface area contributed by atoms with Gasteiger partial charge in [0.2, 0.25) is 0 Å². The molecule has 0 saturated carbocycles. The summed E-state index contributed by atoms with van der Waals surface area (Å²) in [5.41, 5.74) is 1.34. The Bertz CT molecular complexity index is 321. The largest absolute Gasteiger partial charge is 0.396 e. The van der Waals surface area contributed by atoms with E-state index in [9.17, 15) is 0 Å². The van der Waals surface area contributed by atoms with Crippen LogP contribution in [-0.2, 0) is 6.54 Å². The molecule has 0 spiro atoms. The molecule has 0 aliphatic carbocycles. The second-order valence-electron chi connectivity index (χ2n) is 3.92. The minimum atomic E-state index is 0.264. The Balaban J connectivity index is 1.95. The van der Waals surface area contributed by atoms with Gasteiger partial charge in [-0.1, -0.05) is 42.5 Å². The van der Waals surface area contributed by atoms with Gasteiger partial charge in [0.25, 0.3) is 0 Å². The van der Waals surface area contributed by atoms with E-state index in [1.54, 1.807) is 0 Å². The predicted octanol–water partition coefficient (Wildman–Crippen LogP) is 1.81. The van der Waals surface area contributed by atoms with Gasteiger partial charge in [0.05, 0.1) is 0 Å². The van der Waals surface area contributed by atoms with Crippen LogP contribution in [0.5, 0.6) is 0 Å². The Kier molecular flexibility index (Phi) is 3.54. The highest BCUT2D eigenvalue weighted by Gasteiger charge is 2.18. The van der Waals surface area contributed by atoms with E-state index in [-0.39, 0.29) is 6.61 Å². The standard InChI is InChI=1S/C13H17NO/c15-10-8-13-7-4-9-14(13)11-12-5-2-1-3-6-12/h1-7,13,15H,8-11H2. The maximum Gasteiger partial charge on any atom is 0.0449 e. The first-order valence-corrected chi connectivity index (χ1v) is 5.45. The van der Waals surface area contributed by atoms with Gasteiger partial charge in [-0.05, 0) is 12.0 Å². The van der Waals surface area contributed by atoms with Gasteiger partial charge in [-0.3, -0.25) is 4.90 Å². The molecule has 0 bridgehead atoms. The summed E-state index contributed by atoms with van der Waals surface area (Å²) >= 11 is 0. The predicted molar refractivity (Wildman–Crippen MR) is 61.5 cm³/mol. The lowest BCUT2D eigenvalue weighted by molar-refractivity contribution is 0.204. The molecule has 1 unspecified atom stereocenters. The third kappa shape index (κ3) is 2.67. The maximum absolute atomic E-state index is 8.95. The second kappa shape index (κ2) is 5.10. The van der Waals surface area contributed by atoms with E-state index in [0.29, 0.717) is 6.04 Å². The molecule has 1 aromatic rings. The lowest BCUT2D eigenvalue weighted by Gasteiger charge is -2.23. The monoisotopic (exact) mass is 203 g/mol. The van der Waals surface area contributed by atoms with Crippen molar-refractivity contribution in [3.05, 3.63) is 48.0 Å². The number of nitrogens with zero attached hydrogens (tertiary/aromatic N) is 1. The number of aliphatic hydroxyl groups excluding tert-OH is 1. The molecule has 15 heavy (non-hydrogen) atoms. The molecule has 1 N–H and O–H groups in total. The molecule has 1 atom stereocenters. The highest BCUT2D eigenvalue weighted by Crippen LogP contribution is 2.16. The Hall–Kier alpha value is -1.12. The van der Waals surface area contributed by atoms with Crippen LogP contribution in [0.25, 0.3) is 0 Å². The Morgan fingerprint density at radius 2 is 2.07 bits per heavy atom. The van der Waals surface area contributed by atoms with Gasteiger partial charge < -0.3 is 5.11 Å². The van der Waals surface area contributed by atoms with Gasteiger partial charge >= 0.3 is 0 Å². The highest BCUT2D eigenvalue weighted by atomic mass is 16.3. The van der Waals surface area contributed by atoms with Crippen LogP contribution in [0.1, 0.15) is 12.0 Å². The summed E-state index contributed by atoms with van der Waals surface area (Å²) in [7, 11) is 0. The van der Waals surface area contributed by atoms with Crippen LogP contribution in [-0.4, -0.2) is 29.2 Å². The Morgan fingerprint density at radius 1 is 1.27 bits per heavy atom. The van der Waals surface area contributed by atoms with Crippen molar-refractivity contribution in [2.75, 3.05) is 13.2 Å². The van der Waals surface area contributed by atoms with E-state index >= 15 is 0 Å². The SMILES string of the molecule is OCCC1C=CCN1Cc1ccccc1. The van der Waals surface area contributed by atoms with Crippen LogP contribution in [0, 0.1) is 0 Å². The molecule has 0 amide bonds. The average molecular weight is 203 g/mol. The van der Waals surface area contributed by atoms with Crippen molar-refractivity contribution in [1.29, 1.82) is 0 Å². The zero-order valence-corrected chi connectivity index (χ0v) is 8.84. The molecular formula is C13H17NO. The molecule has 2 heteroatoms. The fourth-order valence-electron chi connectivity index (χ4n) is 2.02. The zero-order valence-electron chi connectivity index (χ0n) is 8.84. The van der Waals surface area contributed by atoms with Crippen molar-refractivity contribution in [2.24, 2.45) is 0 Å². The lowest BCUT2D eigenvalue weighted by atomic mass is 10.1. The van der Waals surface area contributed by atoms with Crippen LogP contribution < -0.4 is 0 Å². The Morgan fingerprint density at radius 3 is 2.80 bits per heavy atom. The number of benzene rings is 1. The lowest BCUT2D eigenvalue weighted by Crippen LogP contribution is -2.30. The van der Waals surface area contributed by atoms with Gasteiger partial charge in [-0.25, -0.2) is 0 Å². The fraction of sp³-hybridized carbons (Fsp3) is 0.385. The van der Waals surface area contributed by atoms with Crippen molar-refractivity contribution < 1.29 is 5.11 Å². The smallest absolute Gasteiger partial charge is 0.0449 e. The molecule has 1 heterocycles. The van der Waals surface area contributed by atoms with Gasteiger partial charge in [0, 0.05) is 25.7 Å². The van der Waals surface area contributed by atoms with Crippen LogP contribution >= 0.6 is 0 Å². The van der Waals surface area contributed by atoms with Gasteiger partial charge in [-0.2, -0.15) is 0 Å². The Labute approximate surface area is 90.8 Å². The maximum atomic E-state index is 8.95. The summed E-state index contributed by atoms with van der Waals surface area (Å²) in [4.78, 5) is 2.38. The number of aliphatic hydroxyl groups is 1. The van der Waals surface area contributed by atoms with Crippen LogP contribution in [0.15, 0.2) is 42.5 Å². The molecule has 0 radical (unpaired) electrons. The van der Waals surface area contributed by atoms with E-state index in [1.165, 1.54) is 5.56 Å². The topological polar surface area (TPSA) is 23.5 Å². The number of rotatable bonds is 4. The van der Waals surface area contributed by atoms with Gasteiger partial charge in [0.1, 0.15) is 0 Å². The van der Waals surface area contributed by atoms with E-state index < -0.39 is 0 Å². The third-order valence-electron chi connectivity index (χ3n) is 2.82. The van der Waals surface area contributed by atoms with Crippen molar-refractivity contribution in [3.63, 3.8) is 0 Å². The fourth-order valence-corrected chi connectivity index (χ4v) is 2.02. The molecule has 1 aliphatic heterocycles. The highest BCUT2D eigenvalue weighted by molar-refractivity contribution is 5.16. The molecule has 1 aromatic carbocycles. The molecule has 80 valence electrons. The average Bonchev–Trinajstić information content (AvgIpc) is 2.68. The molecular weight excluding hydrogens is 186 g/mol. The molecule has 0 aromatic heterocycles. The van der Waals surface area contributed by atoms with Crippen molar-refractivity contribution in [3.8, 4) is 0 Å². The summed E-state index contributed by atoms with van der Waals surface area (Å²) in [6.45, 7) is 2.23. The second-order valence-corrected chi connectivity index (χ2v) is 3.92. The van der Waals surface area contributed by atoms with E-state index in [4.69, 9.17) is 5.11 Å². The first-order chi connectivity index (χ1) is 7.40. The quantitative estimate of drug-likeness (QED) is 0.754. The van der Waals surface area contributed by atoms with Crippen molar-refractivity contribution >= 4 is 0 Å². The minimum absolute atomic E-state index is 0.264. The van der Waals surface area contributed by atoms with E-state index in [2.05, 4.69) is 41.3 Å². The number of hydrogen-bond donors (Lipinski definition) is 1. The van der Waals surface area contributed by atoms with Gasteiger partial charge in [-0.15, -0.1) is 0 Å². The van der Waals surface area contributed by atoms with Crippen molar-refractivity contribution in [1.82, 2.24) is 4.90 Å². The van der Waals surface area contributed by atoms with E-state index in [0.717, 1.165) is 19.5 Å². The summed E-state index contributed by atoms with van der Waals surface area (Å²) in [5.74, 6) is 0. The minimum Gasteiger partial charge on any atom is -0.396 e. The van der Waals surface area contributed by atoms with Crippen LogP contribution in [0.2, 0.25) is 0 Å². The normalized spacial score (nSPS) is 21.0. The summed E-state index contributed by atoms with van der Waals surface area (Å²) in [6.07, 6.45) is 5.21.